The summed E-state index contributed by atoms with van der Waals surface area (Å²) >= 11 is 0. The number of aliphatic carboxylic acids is 1. The van der Waals surface area contributed by atoms with Gasteiger partial charge in [0.05, 0.1) is 18.6 Å². The lowest BCUT2D eigenvalue weighted by atomic mass is 10.0. The van der Waals surface area contributed by atoms with Gasteiger partial charge in [-0.15, -0.1) is 0 Å². The number of aliphatic hydroxyl groups excluding tert-OH is 2. The van der Waals surface area contributed by atoms with Gasteiger partial charge in [0.2, 0.25) is 47.3 Å². The molecule has 2 aliphatic rings. The minimum atomic E-state index is -1.62. The van der Waals surface area contributed by atoms with Crippen molar-refractivity contribution in [3.63, 3.8) is 0 Å². The molecule has 0 radical (unpaired) electrons. The van der Waals surface area contributed by atoms with E-state index in [4.69, 9.17) is 16.6 Å². The second-order valence-electron chi connectivity index (χ2n) is 14.1. The highest BCUT2D eigenvalue weighted by Crippen LogP contribution is 2.21. The third kappa shape index (κ3) is 12.1. The molecule has 21 nitrogen and oxygen atoms in total. The van der Waals surface area contributed by atoms with Crippen LogP contribution in [0.2, 0.25) is 0 Å². The molecule has 304 valence electrons. The van der Waals surface area contributed by atoms with E-state index in [1.165, 1.54) is 32.6 Å². The molecule has 2 saturated heterocycles. The van der Waals surface area contributed by atoms with Gasteiger partial charge in [-0.1, -0.05) is 13.8 Å². The predicted molar refractivity (Wildman–Crippen MR) is 188 cm³/mol. The minimum absolute atomic E-state index is 0.0876. The molecule has 2 heterocycles. The van der Waals surface area contributed by atoms with Gasteiger partial charge in [-0.25, -0.2) is 0 Å². The summed E-state index contributed by atoms with van der Waals surface area (Å²) < 4.78 is 0. The molecule has 21 heteroatoms. The Morgan fingerprint density at radius 1 is 0.648 bits per heavy atom. The van der Waals surface area contributed by atoms with Gasteiger partial charge >= 0.3 is 5.97 Å². The van der Waals surface area contributed by atoms with Crippen molar-refractivity contribution in [3.05, 3.63) is 0 Å². The van der Waals surface area contributed by atoms with E-state index >= 15 is 0 Å². The number of nitrogens with one attached hydrogen (secondary N) is 5. The van der Waals surface area contributed by atoms with Crippen molar-refractivity contribution >= 4 is 53.2 Å². The first-order chi connectivity index (χ1) is 25.1. The monoisotopic (exact) mass is 769 g/mol. The van der Waals surface area contributed by atoms with Gasteiger partial charge in [-0.3, -0.25) is 43.2 Å². The van der Waals surface area contributed by atoms with Gasteiger partial charge in [0, 0.05) is 13.1 Å². The third-order valence-electron chi connectivity index (χ3n) is 9.29. The lowest BCUT2D eigenvalue weighted by Gasteiger charge is -2.31. The first-order valence-electron chi connectivity index (χ1n) is 17.8. The number of hydrogen-bond donors (Lipinski definition) is 10. The largest absolute Gasteiger partial charge is 0.480 e. The standard InChI is InChI=1S/C33H55N9O12/c1-14(2)24(39-29(49)21-10-7-11-41(21)31(51)23(35)17(5)43)30(50)38-19(13-22(34)45)27(47)36-15(3)26(46)40-25(18(6)44)32(52)42-12-8-9-20(42)28(48)37-16(4)33(53)54/h14-21,23-25,43-44H,7-13,35H2,1-6H3,(H2,34,45)(H,36,47)(H,37,48)(H,38,50)(H,39,49)(H,40,46)(H,53,54). The quantitative estimate of drug-likeness (QED) is 0.0626. The Bertz CT molecular complexity index is 1440. The van der Waals surface area contributed by atoms with Crippen LogP contribution >= 0.6 is 0 Å². The average Bonchev–Trinajstić information content (AvgIpc) is 3.78. The molecule has 10 unspecified atom stereocenters. The van der Waals surface area contributed by atoms with Crippen LogP contribution in [0.5, 0.6) is 0 Å². The maximum Gasteiger partial charge on any atom is 0.325 e. The van der Waals surface area contributed by atoms with E-state index in [1.54, 1.807) is 13.8 Å². The van der Waals surface area contributed by atoms with Gasteiger partial charge < -0.3 is 63.2 Å². The van der Waals surface area contributed by atoms with Gasteiger partial charge in [-0.2, -0.15) is 0 Å². The fourth-order valence-corrected chi connectivity index (χ4v) is 6.06. The number of likely N-dealkylation sites (tertiary alicyclic amines) is 2. The molecule has 8 amide bonds. The Morgan fingerprint density at radius 2 is 1.17 bits per heavy atom. The summed E-state index contributed by atoms with van der Waals surface area (Å²) in [6.45, 7) is 8.55. The summed E-state index contributed by atoms with van der Waals surface area (Å²) in [5, 5.41) is 41.2. The SMILES string of the molecule is CC(NC(=O)C1CCCN1C(=O)C(NC(=O)C(C)NC(=O)C(CC(N)=O)NC(=O)C(NC(=O)C1CCCN1C(=O)C(N)C(C)O)C(C)C)C(C)O)C(=O)O. The Balaban J connectivity index is 2.13. The highest BCUT2D eigenvalue weighted by Gasteiger charge is 2.42. The van der Waals surface area contributed by atoms with Crippen molar-refractivity contribution in [2.75, 3.05) is 13.1 Å². The zero-order valence-electron chi connectivity index (χ0n) is 31.4. The third-order valence-corrected chi connectivity index (χ3v) is 9.29. The lowest BCUT2D eigenvalue weighted by molar-refractivity contribution is -0.146. The Kier molecular flexibility index (Phi) is 16.7. The van der Waals surface area contributed by atoms with Crippen molar-refractivity contribution in [2.45, 2.75) is 134 Å². The Hall–Kier alpha value is -4.89. The number of carboxylic acid groups (broad SMARTS) is 1. The van der Waals surface area contributed by atoms with Gasteiger partial charge in [0.1, 0.15) is 48.3 Å². The van der Waals surface area contributed by atoms with Crippen LogP contribution in [0.1, 0.15) is 73.6 Å². The first kappa shape index (κ1) is 45.3. The Morgan fingerprint density at radius 3 is 1.63 bits per heavy atom. The van der Waals surface area contributed by atoms with E-state index < -0.39 is 126 Å². The molecule has 0 aromatic rings. The molecule has 2 fully saturated rings. The zero-order chi connectivity index (χ0) is 41.2. The number of nitrogens with zero attached hydrogens (tertiary/aromatic N) is 2. The maximum atomic E-state index is 13.5. The van der Waals surface area contributed by atoms with E-state index in [0.717, 1.165) is 4.90 Å². The molecular weight excluding hydrogens is 714 g/mol. The van der Waals surface area contributed by atoms with Gasteiger partial charge in [0.25, 0.3) is 0 Å². The van der Waals surface area contributed by atoms with Crippen LogP contribution in [-0.2, 0) is 43.2 Å². The average molecular weight is 770 g/mol. The number of hydrogen-bond acceptors (Lipinski definition) is 12. The van der Waals surface area contributed by atoms with Crippen LogP contribution in [0.15, 0.2) is 0 Å². The molecule has 2 aliphatic heterocycles. The summed E-state index contributed by atoms with van der Waals surface area (Å²) in [5.74, 6) is -8.55. The molecule has 12 N–H and O–H groups in total. The molecule has 0 bridgehead atoms. The summed E-state index contributed by atoms with van der Waals surface area (Å²) in [7, 11) is 0. The topological polar surface area (TPSA) is 333 Å². The molecule has 54 heavy (non-hydrogen) atoms. The number of primary amides is 1. The fraction of sp³-hybridized carbons (Fsp3) is 0.727. The van der Waals surface area contributed by atoms with Crippen LogP contribution in [0.4, 0.5) is 0 Å². The van der Waals surface area contributed by atoms with Gasteiger partial charge in [-0.05, 0) is 59.3 Å². The second kappa shape index (κ2) is 20.0. The van der Waals surface area contributed by atoms with Crippen LogP contribution in [0, 0.1) is 5.92 Å². The number of carbonyl (C=O) groups excluding carboxylic acids is 8. The summed E-state index contributed by atoms with van der Waals surface area (Å²) in [6.07, 6.45) is -2.00. The Labute approximate surface area is 312 Å². The molecule has 2 rings (SSSR count). The highest BCUT2D eigenvalue weighted by atomic mass is 16.4. The molecule has 0 aromatic carbocycles. The van der Waals surface area contributed by atoms with Crippen LogP contribution in [0.3, 0.4) is 0 Å². The minimum Gasteiger partial charge on any atom is -0.480 e. The number of aliphatic hydroxyl groups is 2. The second-order valence-corrected chi connectivity index (χ2v) is 14.1. The molecule has 0 spiro atoms. The van der Waals surface area contributed by atoms with E-state index in [2.05, 4.69) is 26.6 Å². The number of rotatable bonds is 18. The van der Waals surface area contributed by atoms with Crippen molar-refractivity contribution in [1.29, 1.82) is 0 Å². The van der Waals surface area contributed by atoms with E-state index in [9.17, 15) is 53.4 Å². The number of carboxylic acids is 1. The molecule has 0 aliphatic carbocycles. The summed E-state index contributed by atoms with van der Waals surface area (Å²) in [5.41, 5.74) is 11.1. The van der Waals surface area contributed by atoms with Crippen LogP contribution in [-0.4, -0.2) is 152 Å². The van der Waals surface area contributed by atoms with E-state index in [0.29, 0.717) is 12.8 Å². The number of nitrogens with two attached hydrogens (primary N) is 2. The van der Waals surface area contributed by atoms with Crippen molar-refractivity contribution in [1.82, 2.24) is 36.4 Å². The van der Waals surface area contributed by atoms with Crippen LogP contribution < -0.4 is 38.1 Å². The summed E-state index contributed by atoms with van der Waals surface area (Å²) in [6, 6.07) is -10.4. The molecule has 0 saturated carbocycles. The fourth-order valence-electron chi connectivity index (χ4n) is 6.06. The molecular formula is C33H55N9O12. The van der Waals surface area contributed by atoms with Crippen molar-refractivity contribution in [3.8, 4) is 0 Å². The molecule has 0 aromatic heterocycles. The number of carbonyl (C=O) groups is 9. The first-order valence-corrected chi connectivity index (χ1v) is 17.8. The van der Waals surface area contributed by atoms with Crippen molar-refractivity contribution in [2.24, 2.45) is 17.4 Å². The number of amides is 8. The summed E-state index contributed by atoms with van der Waals surface area (Å²) in [4.78, 5) is 118. The van der Waals surface area contributed by atoms with Crippen molar-refractivity contribution < 1.29 is 58.5 Å². The lowest BCUT2D eigenvalue weighted by Crippen LogP contribution is -2.61. The van der Waals surface area contributed by atoms with Gasteiger partial charge in [0.15, 0.2) is 0 Å². The van der Waals surface area contributed by atoms with E-state index in [1.807, 2.05) is 0 Å². The zero-order valence-corrected chi connectivity index (χ0v) is 31.4. The van der Waals surface area contributed by atoms with Crippen LogP contribution in [0.25, 0.3) is 0 Å². The predicted octanol–water partition coefficient (Wildman–Crippen LogP) is -4.86. The smallest absolute Gasteiger partial charge is 0.325 e. The maximum absolute atomic E-state index is 13.5. The molecule has 10 atom stereocenters. The van der Waals surface area contributed by atoms with E-state index in [-0.39, 0.29) is 25.9 Å². The normalized spacial score (nSPS) is 21.4. The highest BCUT2D eigenvalue weighted by molar-refractivity contribution is 5.99.